The number of anilines is 1. The summed E-state index contributed by atoms with van der Waals surface area (Å²) in [7, 11) is 0. The molecule has 1 aliphatic rings. The van der Waals surface area contributed by atoms with Gasteiger partial charge in [-0.1, -0.05) is 31.5 Å². The Hall–Kier alpha value is -0.770. The fraction of sp³-hybridized carbons (Fsp3) is 0.625. The van der Waals surface area contributed by atoms with E-state index in [1.54, 1.807) is 0 Å². The van der Waals surface area contributed by atoms with Crippen molar-refractivity contribution in [3.05, 3.63) is 29.3 Å². The van der Waals surface area contributed by atoms with E-state index in [1.165, 1.54) is 12.2 Å². The molecule has 1 aliphatic heterocycles. The van der Waals surface area contributed by atoms with E-state index in [0.29, 0.717) is 5.92 Å². The summed E-state index contributed by atoms with van der Waals surface area (Å²) in [4.78, 5) is 5.00. The van der Waals surface area contributed by atoms with Gasteiger partial charge in [0.25, 0.3) is 0 Å². The third-order valence-corrected chi connectivity index (χ3v) is 4.09. The number of benzene rings is 1. The van der Waals surface area contributed by atoms with Crippen LogP contribution in [0.4, 0.5) is 5.69 Å². The molecule has 0 bridgehead atoms. The van der Waals surface area contributed by atoms with Crippen LogP contribution in [0.3, 0.4) is 0 Å². The first-order valence-corrected chi connectivity index (χ1v) is 8.00. The van der Waals surface area contributed by atoms with Crippen molar-refractivity contribution in [2.24, 2.45) is 5.92 Å². The van der Waals surface area contributed by atoms with Gasteiger partial charge in [-0.05, 0) is 37.2 Å². The third-order valence-electron chi connectivity index (χ3n) is 3.86. The van der Waals surface area contributed by atoms with Crippen molar-refractivity contribution in [3.8, 4) is 0 Å². The number of hydrogen-bond donors (Lipinski definition) is 1. The van der Waals surface area contributed by atoms with E-state index in [1.807, 2.05) is 12.1 Å². The molecule has 1 unspecified atom stereocenters. The molecular weight excluding hydrogens is 270 g/mol. The minimum atomic E-state index is 0.715. The molecule has 0 aliphatic carbocycles. The maximum atomic E-state index is 6.07. The second-order valence-electron chi connectivity index (χ2n) is 5.68. The second-order valence-corrected chi connectivity index (χ2v) is 6.12. The lowest BCUT2D eigenvalue weighted by atomic mass is 10.1. The zero-order chi connectivity index (χ0) is 14.4. The van der Waals surface area contributed by atoms with Gasteiger partial charge >= 0.3 is 0 Å². The van der Waals surface area contributed by atoms with E-state index >= 15 is 0 Å². The zero-order valence-corrected chi connectivity index (χ0v) is 13.4. The molecule has 2 rings (SSSR count). The highest BCUT2D eigenvalue weighted by Crippen LogP contribution is 2.20. The van der Waals surface area contributed by atoms with Crippen LogP contribution in [0, 0.1) is 5.92 Å². The van der Waals surface area contributed by atoms with Gasteiger partial charge in [0, 0.05) is 43.4 Å². The van der Waals surface area contributed by atoms with E-state index in [9.17, 15) is 0 Å². The quantitative estimate of drug-likeness (QED) is 0.870. The van der Waals surface area contributed by atoms with Crippen LogP contribution in [0.1, 0.15) is 13.8 Å². The van der Waals surface area contributed by atoms with Gasteiger partial charge in [0.2, 0.25) is 0 Å². The highest BCUT2D eigenvalue weighted by atomic mass is 35.5. The molecule has 1 aromatic carbocycles. The van der Waals surface area contributed by atoms with Crippen LogP contribution in [-0.4, -0.2) is 50.7 Å². The van der Waals surface area contributed by atoms with Crippen LogP contribution in [-0.2, 0) is 0 Å². The molecule has 112 valence electrons. The first kappa shape index (κ1) is 15.6. The summed E-state index contributed by atoms with van der Waals surface area (Å²) >= 11 is 6.07. The van der Waals surface area contributed by atoms with Crippen LogP contribution in [0.5, 0.6) is 0 Å². The maximum Gasteiger partial charge on any atom is 0.0426 e. The molecule has 1 atom stereocenters. The fourth-order valence-electron chi connectivity index (χ4n) is 2.76. The summed E-state index contributed by atoms with van der Waals surface area (Å²) in [6, 6.07) is 8.17. The van der Waals surface area contributed by atoms with E-state index in [-0.39, 0.29) is 0 Å². The Morgan fingerprint density at radius 1 is 1.25 bits per heavy atom. The number of rotatable bonds is 6. The van der Waals surface area contributed by atoms with Crippen LogP contribution in [0.25, 0.3) is 0 Å². The molecular formula is C16H26ClN3. The van der Waals surface area contributed by atoms with Gasteiger partial charge < -0.3 is 10.2 Å². The van der Waals surface area contributed by atoms with Gasteiger partial charge in [-0.25, -0.2) is 0 Å². The van der Waals surface area contributed by atoms with Crippen LogP contribution < -0.4 is 10.2 Å². The molecule has 1 fully saturated rings. The van der Waals surface area contributed by atoms with Crippen LogP contribution in [0.15, 0.2) is 24.3 Å². The molecule has 0 aromatic heterocycles. The number of halogens is 1. The fourth-order valence-corrected chi connectivity index (χ4v) is 2.94. The average molecular weight is 296 g/mol. The Morgan fingerprint density at radius 3 is 2.65 bits per heavy atom. The number of nitrogens with one attached hydrogen (secondary N) is 1. The topological polar surface area (TPSA) is 18.5 Å². The molecule has 0 radical (unpaired) electrons. The van der Waals surface area contributed by atoms with Crippen molar-refractivity contribution < 1.29 is 0 Å². The van der Waals surface area contributed by atoms with Gasteiger partial charge in [-0.2, -0.15) is 0 Å². The van der Waals surface area contributed by atoms with Crippen molar-refractivity contribution in [1.29, 1.82) is 0 Å². The lowest BCUT2D eigenvalue weighted by Gasteiger charge is -2.37. The maximum absolute atomic E-state index is 6.07. The summed E-state index contributed by atoms with van der Waals surface area (Å²) < 4.78 is 0. The summed E-state index contributed by atoms with van der Waals surface area (Å²) in [6.07, 6.45) is 0. The summed E-state index contributed by atoms with van der Waals surface area (Å²) in [5.41, 5.74) is 1.25. The largest absolute Gasteiger partial charge is 0.369 e. The van der Waals surface area contributed by atoms with Gasteiger partial charge in [-0.3, -0.25) is 4.90 Å². The average Bonchev–Trinajstić information content (AvgIpc) is 2.46. The Labute approximate surface area is 127 Å². The molecule has 3 nitrogen and oxygen atoms in total. The highest BCUT2D eigenvalue weighted by molar-refractivity contribution is 6.30. The van der Waals surface area contributed by atoms with E-state index in [0.717, 1.165) is 44.3 Å². The summed E-state index contributed by atoms with van der Waals surface area (Å²) in [5.74, 6) is 0.715. The number of nitrogens with zero attached hydrogens (tertiary/aromatic N) is 2. The smallest absolute Gasteiger partial charge is 0.0426 e. The predicted octanol–water partition coefficient (Wildman–Crippen LogP) is 2.71. The number of piperazine rings is 1. The molecule has 0 saturated carbocycles. The minimum absolute atomic E-state index is 0.715. The van der Waals surface area contributed by atoms with Crippen LogP contribution in [0.2, 0.25) is 5.02 Å². The number of hydrogen-bond acceptors (Lipinski definition) is 3. The SMILES string of the molecule is CCNCC(C)CN1CCN(c2cccc(Cl)c2)CC1. The summed E-state index contributed by atoms with van der Waals surface area (Å²) in [5, 5.41) is 4.25. The monoisotopic (exact) mass is 295 g/mol. The van der Waals surface area contributed by atoms with Crippen molar-refractivity contribution >= 4 is 17.3 Å². The Morgan fingerprint density at radius 2 is 2.00 bits per heavy atom. The van der Waals surface area contributed by atoms with E-state index in [4.69, 9.17) is 11.6 Å². The van der Waals surface area contributed by atoms with E-state index in [2.05, 4.69) is 41.1 Å². The van der Waals surface area contributed by atoms with Crippen molar-refractivity contribution in [1.82, 2.24) is 10.2 Å². The molecule has 4 heteroatoms. The highest BCUT2D eigenvalue weighted by Gasteiger charge is 2.18. The molecule has 1 saturated heterocycles. The Kier molecular flexibility index (Phi) is 6.14. The Balaban J connectivity index is 1.77. The molecule has 0 amide bonds. The van der Waals surface area contributed by atoms with Gasteiger partial charge in [0.1, 0.15) is 0 Å². The first-order chi connectivity index (χ1) is 9.69. The molecule has 20 heavy (non-hydrogen) atoms. The van der Waals surface area contributed by atoms with Crippen molar-refractivity contribution in [2.75, 3.05) is 50.7 Å². The van der Waals surface area contributed by atoms with Gasteiger partial charge in [-0.15, -0.1) is 0 Å². The lowest BCUT2D eigenvalue weighted by molar-refractivity contribution is 0.223. The van der Waals surface area contributed by atoms with E-state index < -0.39 is 0 Å². The normalized spacial score (nSPS) is 18.2. The third kappa shape index (κ3) is 4.65. The summed E-state index contributed by atoms with van der Waals surface area (Å²) in [6.45, 7) is 12.3. The minimum Gasteiger partial charge on any atom is -0.369 e. The first-order valence-electron chi connectivity index (χ1n) is 7.62. The molecule has 0 spiro atoms. The predicted molar refractivity (Wildman–Crippen MR) is 87.8 cm³/mol. The standard InChI is InChI=1S/C16H26ClN3/c1-3-18-12-14(2)13-19-7-9-20(10-8-19)16-6-4-5-15(17)11-16/h4-6,11,14,18H,3,7-10,12-13H2,1-2H3. The zero-order valence-electron chi connectivity index (χ0n) is 12.6. The van der Waals surface area contributed by atoms with Crippen LogP contribution >= 0.6 is 11.6 Å². The van der Waals surface area contributed by atoms with Crippen molar-refractivity contribution in [3.63, 3.8) is 0 Å². The van der Waals surface area contributed by atoms with Gasteiger partial charge in [0.15, 0.2) is 0 Å². The lowest BCUT2D eigenvalue weighted by Crippen LogP contribution is -2.48. The second kappa shape index (κ2) is 7.87. The molecule has 1 N–H and O–H groups in total. The van der Waals surface area contributed by atoms with Gasteiger partial charge in [0.05, 0.1) is 0 Å². The molecule has 1 heterocycles. The molecule has 1 aromatic rings. The van der Waals surface area contributed by atoms with Crippen molar-refractivity contribution in [2.45, 2.75) is 13.8 Å². The Bertz CT molecular complexity index is 402.